The number of rotatable bonds is 5. The molecular weight excluding hydrogens is 358 g/mol. The summed E-state index contributed by atoms with van der Waals surface area (Å²) in [5.74, 6) is -0.185. The van der Waals surface area contributed by atoms with E-state index >= 15 is 0 Å². The maximum Gasteiger partial charge on any atom is 0.337 e. The molecule has 1 saturated heterocycles. The number of ether oxygens (including phenoxy) is 2. The predicted octanol–water partition coefficient (Wildman–Crippen LogP) is 1.19. The van der Waals surface area contributed by atoms with Crippen molar-refractivity contribution in [3.05, 3.63) is 53.7 Å². The van der Waals surface area contributed by atoms with Gasteiger partial charge in [0.25, 0.3) is 0 Å². The zero-order chi connectivity index (χ0) is 18.7. The fourth-order valence-corrected chi connectivity index (χ4v) is 3.89. The summed E-state index contributed by atoms with van der Waals surface area (Å²) in [5.41, 5.74) is 0.703. The second-order valence-electron chi connectivity index (χ2n) is 5.57. The quantitative estimate of drug-likeness (QED) is 0.724. The van der Waals surface area contributed by atoms with Crippen LogP contribution >= 0.6 is 0 Å². The lowest BCUT2D eigenvalue weighted by atomic mass is 10.2. The maximum atomic E-state index is 12.5. The lowest BCUT2D eigenvalue weighted by Crippen LogP contribution is -2.56. The molecular formula is C17H15N3O5S. The number of sulfonamides is 1. The maximum absolute atomic E-state index is 12.5. The summed E-state index contributed by atoms with van der Waals surface area (Å²) < 4.78 is 36.6. The van der Waals surface area contributed by atoms with Gasteiger partial charge in [-0.3, -0.25) is 0 Å². The number of pyridine rings is 1. The van der Waals surface area contributed by atoms with Gasteiger partial charge in [-0.15, -0.1) is 0 Å². The van der Waals surface area contributed by atoms with Crippen molar-refractivity contribution in [2.75, 3.05) is 20.2 Å². The number of methoxy groups -OCH3 is 1. The van der Waals surface area contributed by atoms with Crippen LogP contribution < -0.4 is 4.74 Å². The Kier molecular flexibility index (Phi) is 4.88. The van der Waals surface area contributed by atoms with Crippen LogP contribution in [-0.4, -0.2) is 50.0 Å². The van der Waals surface area contributed by atoms with Crippen molar-refractivity contribution in [1.82, 2.24) is 9.29 Å². The van der Waals surface area contributed by atoms with Crippen LogP contribution in [0.25, 0.3) is 0 Å². The SMILES string of the molecule is COC(=O)c1ccc(S(=O)(=O)N2CC(Oc3ccc(C#N)cn3)C2)cc1. The van der Waals surface area contributed by atoms with Crippen molar-refractivity contribution >= 4 is 16.0 Å². The van der Waals surface area contributed by atoms with E-state index in [-0.39, 0.29) is 29.7 Å². The van der Waals surface area contributed by atoms with Gasteiger partial charge in [-0.05, 0) is 30.3 Å². The van der Waals surface area contributed by atoms with Crippen LogP contribution in [0.3, 0.4) is 0 Å². The van der Waals surface area contributed by atoms with E-state index in [0.29, 0.717) is 11.4 Å². The Morgan fingerprint density at radius 3 is 2.46 bits per heavy atom. The molecule has 3 rings (SSSR count). The van der Waals surface area contributed by atoms with Gasteiger partial charge in [0, 0.05) is 12.3 Å². The molecule has 1 aliphatic rings. The minimum atomic E-state index is -3.65. The summed E-state index contributed by atoms with van der Waals surface area (Å²) >= 11 is 0. The monoisotopic (exact) mass is 373 g/mol. The van der Waals surface area contributed by atoms with E-state index < -0.39 is 16.0 Å². The summed E-state index contributed by atoms with van der Waals surface area (Å²) in [6.07, 6.45) is 1.09. The molecule has 26 heavy (non-hydrogen) atoms. The van der Waals surface area contributed by atoms with Gasteiger partial charge in [-0.1, -0.05) is 0 Å². The molecule has 0 radical (unpaired) electrons. The Labute approximate surface area is 150 Å². The summed E-state index contributed by atoms with van der Waals surface area (Å²) in [6, 6.07) is 10.7. The molecule has 2 heterocycles. The van der Waals surface area contributed by atoms with Crippen LogP contribution in [0, 0.1) is 11.3 Å². The molecule has 0 aliphatic carbocycles. The van der Waals surface area contributed by atoms with Gasteiger partial charge in [-0.2, -0.15) is 9.57 Å². The molecule has 0 spiro atoms. The zero-order valence-corrected chi connectivity index (χ0v) is 14.6. The molecule has 0 bridgehead atoms. The van der Waals surface area contributed by atoms with Crippen molar-refractivity contribution < 1.29 is 22.7 Å². The number of hydrogen-bond donors (Lipinski definition) is 0. The van der Waals surface area contributed by atoms with Crippen molar-refractivity contribution in [1.29, 1.82) is 5.26 Å². The number of esters is 1. The molecule has 9 heteroatoms. The average molecular weight is 373 g/mol. The topological polar surface area (TPSA) is 110 Å². The molecule has 0 saturated carbocycles. The van der Waals surface area contributed by atoms with E-state index in [1.165, 1.54) is 41.9 Å². The smallest absolute Gasteiger partial charge is 0.337 e. The number of carbonyl (C=O) groups is 1. The van der Waals surface area contributed by atoms with Crippen LogP contribution in [0.4, 0.5) is 0 Å². The Hall–Kier alpha value is -2.96. The Morgan fingerprint density at radius 2 is 1.92 bits per heavy atom. The van der Waals surface area contributed by atoms with Crippen molar-refractivity contribution in [2.45, 2.75) is 11.0 Å². The van der Waals surface area contributed by atoms with Gasteiger partial charge in [0.2, 0.25) is 15.9 Å². The summed E-state index contributed by atoms with van der Waals surface area (Å²) in [4.78, 5) is 15.5. The molecule has 0 atom stereocenters. The van der Waals surface area contributed by atoms with Gasteiger partial charge in [0.15, 0.2) is 0 Å². The van der Waals surface area contributed by atoms with E-state index in [9.17, 15) is 13.2 Å². The fraction of sp³-hybridized carbons (Fsp3) is 0.235. The van der Waals surface area contributed by atoms with Crippen LogP contribution in [0.2, 0.25) is 0 Å². The first kappa shape index (κ1) is 17.8. The predicted molar refractivity (Wildman–Crippen MR) is 89.9 cm³/mol. The molecule has 8 nitrogen and oxygen atoms in total. The fourth-order valence-electron chi connectivity index (χ4n) is 2.39. The van der Waals surface area contributed by atoms with Gasteiger partial charge in [0.1, 0.15) is 12.2 Å². The Morgan fingerprint density at radius 1 is 1.23 bits per heavy atom. The molecule has 0 unspecified atom stereocenters. The first-order valence-electron chi connectivity index (χ1n) is 7.65. The normalized spacial score (nSPS) is 14.9. The molecule has 0 amide bonds. The third-order valence-electron chi connectivity index (χ3n) is 3.88. The number of nitriles is 1. The number of nitrogens with zero attached hydrogens (tertiary/aromatic N) is 3. The highest BCUT2D eigenvalue weighted by Gasteiger charge is 2.38. The van der Waals surface area contributed by atoms with Gasteiger partial charge in [-0.25, -0.2) is 18.2 Å². The largest absolute Gasteiger partial charge is 0.472 e. The van der Waals surface area contributed by atoms with Gasteiger partial charge >= 0.3 is 5.97 Å². The molecule has 1 aliphatic heterocycles. The third-order valence-corrected chi connectivity index (χ3v) is 5.73. The van der Waals surface area contributed by atoms with Crippen LogP contribution in [-0.2, 0) is 14.8 Å². The second kappa shape index (κ2) is 7.11. The highest BCUT2D eigenvalue weighted by molar-refractivity contribution is 7.89. The first-order valence-corrected chi connectivity index (χ1v) is 9.09. The highest BCUT2D eigenvalue weighted by atomic mass is 32.2. The lowest BCUT2D eigenvalue weighted by molar-refractivity contribution is 0.0600. The average Bonchev–Trinajstić information content (AvgIpc) is 2.64. The Bertz CT molecular complexity index is 943. The number of carbonyl (C=O) groups excluding carboxylic acids is 1. The number of benzene rings is 1. The van der Waals surface area contributed by atoms with E-state index in [0.717, 1.165) is 0 Å². The summed E-state index contributed by atoms with van der Waals surface area (Å²) in [5, 5.41) is 8.73. The van der Waals surface area contributed by atoms with E-state index in [2.05, 4.69) is 9.72 Å². The molecule has 1 fully saturated rings. The Balaban J connectivity index is 1.61. The van der Waals surface area contributed by atoms with Gasteiger partial charge < -0.3 is 9.47 Å². The molecule has 1 aromatic carbocycles. The van der Waals surface area contributed by atoms with Crippen molar-refractivity contribution in [2.24, 2.45) is 0 Å². The lowest BCUT2D eigenvalue weighted by Gasteiger charge is -2.37. The second-order valence-corrected chi connectivity index (χ2v) is 7.51. The van der Waals surface area contributed by atoms with Crippen molar-refractivity contribution in [3.63, 3.8) is 0 Å². The van der Waals surface area contributed by atoms with E-state index in [1.807, 2.05) is 6.07 Å². The zero-order valence-electron chi connectivity index (χ0n) is 13.8. The van der Waals surface area contributed by atoms with E-state index in [1.54, 1.807) is 12.1 Å². The van der Waals surface area contributed by atoms with Crippen LogP contribution in [0.5, 0.6) is 5.88 Å². The van der Waals surface area contributed by atoms with E-state index in [4.69, 9.17) is 10.00 Å². The third kappa shape index (κ3) is 3.51. The minimum Gasteiger partial charge on any atom is -0.472 e. The number of aromatic nitrogens is 1. The van der Waals surface area contributed by atoms with Crippen molar-refractivity contribution in [3.8, 4) is 11.9 Å². The summed E-state index contributed by atoms with van der Waals surface area (Å²) in [6.45, 7) is 0.394. The molecule has 1 aromatic heterocycles. The van der Waals surface area contributed by atoms with Crippen LogP contribution in [0.1, 0.15) is 15.9 Å². The standard InChI is InChI=1S/C17H15N3O5S/c1-24-17(21)13-3-5-15(6-4-13)26(22,23)20-10-14(11-20)25-16-7-2-12(8-18)9-19-16/h2-7,9,14H,10-11H2,1H3. The molecule has 0 N–H and O–H groups in total. The number of hydrogen-bond acceptors (Lipinski definition) is 7. The summed E-state index contributed by atoms with van der Waals surface area (Å²) in [7, 11) is -2.39. The highest BCUT2D eigenvalue weighted by Crippen LogP contribution is 2.24. The minimum absolute atomic E-state index is 0.0973. The molecule has 2 aromatic rings. The van der Waals surface area contributed by atoms with Crippen LogP contribution in [0.15, 0.2) is 47.5 Å². The molecule has 134 valence electrons. The first-order chi connectivity index (χ1) is 12.4. The van der Waals surface area contributed by atoms with Gasteiger partial charge in [0.05, 0.1) is 36.2 Å².